The SMILES string of the molecule is C[C@@H](O)C1C(=O)N[C@@H]1[C@@H](C)C(=O)NC1CCCC1. The van der Waals surface area contributed by atoms with Crippen molar-refractivity contribution in [1.29, 1.82) is 0 Å². The molecule has 18 heavy (non-hydrogen) atoms. The lowest BCUT2D eigenvalue weighted by Gasteiger charge is -2.41. The Kier molecular flexibility index (Phi) is 3.90. The van der Waals surface area contributed by atoms with Gasteiger partial charge in [-0.25, -0.2) is 0 Å². The van der Waals surface area contributed by atoms with Gasteiger partial charge < -0.3 is 15.7 Å². The molecular formula is C13H22N2O3. The molecule has 2 aliphatic rings. The van der Waals surface area contributed by atoms with Crippen molar-refractivity contribution < 1.29 is 14.7 Å². The van der Waals surface area contributed by atoms with E-state index in [1.807, 2.05) is 6.92 Å². The topological polar surface area (TPSA) is 78.4 Å². The number of carbonyl (C=O) groups excluding carboxylic acids is 2. The Bertz CT molecular complexity index is 337. The zero-order valence-electron chi connectivity index (χ0n) is 11.0. The molecule has 0 bridgehead atoms. The number of hydrogen-bond acceptors (Lipinski definition) is 3. The molecule has 2 rings (SSSR count). The van der Waals surface area contributed by atoms with Gasteiger partial charge in [0.1, 0.15) is 0 Å². The Morgan fingerprint density at radius 2 is 2.00 bits per heavy atom. The number of hydrogen-bond donors (Lipinski definition) is 3. The van der Waals surface area contributed by atoms with Crippen LogP contribution in [-0.4, -0.2) is 35.1 Å². The standard InChI is InChI=1S/C13H22N2O3/c1-7(11-10(8(2)16)13(18)15-11)12(17)14-9-5-3-4-6-9/h7-11,16H,3-6H2,1-2H3,(H,14,17)(H,15,18)/t7-,8-,10?,11-/m1/s1. The third kappa shape index (κ3) is 2.51. The van der Waals surface area contributed by atoms with Crippen molar-refractivity contribution in [3.63, 3.8) is 0 Å². The van der Waals surface area contributed by atoms with Gasteiger partial charge in [-0.05, 0) is 19.8 Å². The minimum absolute atomic E-state index is 0.0162. The molecule has 0 spiro atoms. The first-order valence-corrected chi connectivity index (χ1v) is 6.79. The van der Waals surface area contributed by atoms with Crippen LogP contribution >= 0.6 is 0 Å². The van der Waals surface area contributed by atoms with Crippen LogP contribution in [-0.2, 0) is 9.59 Å². The number of nitrogens with one attached hydrogen (secondary N) is 2. The lowest BCUT2D eigenvalue weighted by atomic mass is 9.78. The van der Waals surface area contributed by atoms with Crippen LogP contribution in [0.2, 0.25) is 0 Å². The fourth-order valence-electron chi connectivity index (χ4n) is 2.94. The minimum Gasteiger partial charge on any atom is -0.393 e. The van der Waals surface area contributed by atoms with Gasteiger partial charge >= 0.3 is 0 Å². The molecule has 1 saturated heterocycles. The molecular weight excluding hydrogens is 232 g/mol. The van der Waals surface area contributed by atoms with Gasteiger partial charge in [0, 0.05) is 6.04 Å². The summed E-state index contributed by atoms with van der Waals surface area (Å²) in [6.07, 6.45) is 3.75. The predicted octanol–water partition coefficient (Wildman–Crippen LogP) is 0.177. The molecule has 5 heteroatoms. The summed E-state index contributed by atoms with van der Waals surface area (Å²) >= 11 is 0. The molecule has 4 atom stereocenters. The maximum Gasteiger partial charge on any atom is 0.228 e. The molecule has 3 N–H and O–H groups in total. The van der Waals surface area contributed by atoms with Gasteiger partial charge in [0.25, 0.3) is 0 Å². The van der Waals surface area contributed by atoms with Gasteiger partial charge in [-0.2, -0.15) is 0 Å². The van der Waals surface area contributed by atoms with Crippen molar-refractivity contribution >= 4 is 11.8 Å². The summed E-state index contributed by atoms with van der Waals surface area (Å²) in [5, 5.41) is 15.3. The molecule has 1 heterocycles. The van der Waals surface area contributed by atoms with Gasteiger partial charge in [0.05, 0.1) is 24.0 Å². The highest BCUT2D eigenvalue weighted by atomic mass is 16.3. The molecule has 1 saturated carbocycles. The molecule has 0 aromatic rings. The molecule has 1 unspecified atom stereocenters. The molecule has 0 aromatic carbocycles. The average Bonchev–Trinajstić information content (AvgIpc) is 2.76. The Morgan fingerprint density at radius 3 is 2.50 bits per heavy atom. The fraction of sp³-hybridized carbons (Fsp3) is 0.846. The number of aliphatic hydroxyl groups is 1. The van der Waals surface area contributed by atoms with Crippen LogP contribution in [0.1, 0.15) is 39.5 Å². The first kappa shape index (κ1) is 13.3. The number of amides is 2. The number of aliphatic hydroxyl groups excluding tert-OH is 1. The van der Waals surface area contributed by atoms with E-state index in [0.717, 1.165) is 12.8 Å². The van der Waals surface area contributed by atoms with E-state index in [0.29, 0.717) is 6.04 Å². The number of β-lactam (4-membered cyclic amide) rings is 1. The number of carbonyl (C=O) groups is 2. The average molecular weight is 254 g/mol. The van der Waals surface area contributed by atoms with Crippen molar-refractivity contribution in [3.8, 4) is 0 Å². The van der Waals surface area contributed by atoms with E-state index in [1.165, 1.54) is 12.8 Å². The van der Waals surface area contributed by atoms with E-state index < -0.39 is 12.0 Å². The normalized spacial score (nSPS) is 31.4. The summed E-state index contributed by atoms with van der Waals surface area (Å²) in [7, 11) is 0. The van der Waals surface area contributed by atoms with E-state index >= 15 is 0 Å². The summed E-state index contributed by atoms with van der Waals surface area (Å²) in [6.45, 7) is 3.40. The predicted molar refractivity (Wildman–Crippen MR) is 66.7 cm³/mol. The Morgan fingerprint density at radius 1 is 1.39 bits per heavy atom. The van der Waals surface area contributed by atoms with Crippen molar-refractivity contribution in [1.82, 2.24) is 10.6 Å². The summed E-state index contributed by atoms with van der Waals surface area (Å²) in [5.41, 5.74) is 0. The van der Waals surface area contributed by atoms with Crippen molar-refractivity contribution in [2.45, 2.75) is 57.7 Å². The zero-order chi connectivity index (χ0) is 13.3. The summed E-state index contributed by atoms with van der Waals surface area (Å²) < 4.78 is 0. The summed E-state index contributed by atoms with van der Waals surface area (Å²) in [5.74, 6) is -0.912. The zero-order valence-corrected chi connectivity index (χ0v) is 11.0. The second-order valence-corrected chi connectivity index (χ2v) is 5.58. The first-order valence-electron chi connectivity index (χ1n) is 6.79. The molecule has 2 amide bonds. The van der Waals surface area contributed by atoms with E-state index in [1.54, 1.807) is 6.92 Å². The third-order valence-corrected chi connectivity index (χ3v) is 4.17. The molecule has 0 radical (unpaired) electrons. The van der Waals surface area contributed by atoms with Crippen molar-refractivity contribution in [2.24, 2.45) is 11.8 Å². The van der Waals surface area contributed by atoms with Crippen LogP contribution in [0.25, 0.3) is 0 Å². The summed E-state index contributed by atoms with van der Waals surface area (Å²) in [6, 6.07) is 0.0552. The Labute approximate surface area is 107 Å². The maximum absolute atomic E-state index is 12.1. The van der Waals surface area contributed by atoms with Crippen LogP contribution in [0.5, 0.6) is 0 Å². The minimum atomic E-state index is -0.703. The number of rotatable bonds is 4. The molecule has 5 nitrogen and oxygen atoms in total. The second kappa shape index (κ2) is 5.26. The van der Waals surface area contributed by atoms with Crippen LogP contribution in [0.4, 0.5) is 0 Å². The fourth-order valence-corrected chi connectivity index (χ4v) is 2.94. The van der Waals surface area contributed by atoms with Gasteiger partial charge in [0.2, 0.25) is 11.8 Å². The third-order valence-electron chi connectivity index (χ3n) is 4.17. The van der Waals surface area contributed by atoms with Crippen molar-refractivity contribution in [3.05, 3.63) is 0 Å². The van der Waals surface area contributed by atoms with Gasteiger partial charge in [-0.1, -0.05) is 19.8 Å². The van der Waals surface area contributed by atoms with Crippen LogP contribution < -0.4 is 10.6 Å². The Balaban J connectivity index is 1.88. The van der Waals surface area contributed by atoms with Gasteiger partial charge in [-0.3, -0.25) is 9.59 Å². The highest BCUT2D eigenvalue weighted by Crippen LogP contribution is 2.26. The summed E-state index contributed by atoms with van der Waals surface area (Å²) in [4.78, 5) is 23.4. The van der Waals surface area contributed by atoms with E-state index in [-0.39, 0.29) is 23.8 Å². The monoisotopic (exact) mass is 254 g/mol. The van der Waals surface area contributed by atoms with E-state index in [4.69, 9.17) is 0 Å². The molecule has 2 fully saturated rings. The van der Waals surface area contributed by atoms with Crippen molar-refractivity contribution in [2.75, 3.05) is 0 Å². The molecule has 1 aliphatic carbocycles. The van der Waals surface area contributed by atoms with Crippen LogP contribution in [0.3, 0.4) is 0 Å². The van der Waals surface area contributed by atoms with E-state index in [2.05, 4.69) is 10.6 Å². The smallest absolute Gasteiger partial charge is 0.228 e. The first-order chi connectivity index (χ1) is 8.50. The largest absolute Gasteiger partial charge is 0.393 e. The van der Waals surface area contributed by atoms with Gasteiger partial charge in [0.15, 0.2) is 0 Å². The Hall–Kier alpha value is -1.10. The van der Waals surface area contributed by atoms with Crippen LogP contribution in [0, 0.1) is 11.8 Å². The second-order valence-electron chi connectivity index (χ2n) is 5.58. The van der Waals surface area contributed by atoms with Crippen LogP contribution in [0.15, 0.2) is 0 Å². The quantitative estimate of drug-likeness (QED) is 0.626. The highest BCUT2D eigenvalue weighted by Gasteiger charge is 2.47. The van der Waals surface area contributed by atoms with Gasteiger partial charge in [-0.15, -0.1) is 0 Å². The lowest BCUT2D eigenvalue weighted by Crippen LogP contribution is -2.66. The molecule has 0 aromatic heterocycles. The molecule has 1 aliphatic heterocycles. The maximum atomic E-state index is 12.1. The lowest BCUT2D eigenvalue weighted by molar-refractivity contribution is -0.145. The molecule has 102 valence electrons. The highest BCUT2D eigenvalue weighted by molar-refractivity contribution is 5.90. The van der Waals surface area contributed by atoms with E-state index in [9.17, 15) is 14.7 Å².